The van der Waals surface area contributed by atoms with Gasteiger partial charge in [0, 0.05) is 25.6 Å². The minimum Gasteiger partial charge on any atom is -0.442 e. The third kappa shape index (κ3) is 6.42. The normalized spacial score (nSPS) is 17.1. The van der Waals surface area contributed by atoms with Crippen LogP contribution < -0.4 is 15.5 Å². The monoisotopic (exact) mass is 469 g/mol. The number of ether oxygens (including phenoxy) is 1. The average Bonchev–Trinajstić information content (AvgIpc) is 3.12. The largest absolute Gasteiger partial charge is 0.442 e. The van der Waals surface area contributed by atoms with Crippen molar-refractivity contribution in [3.8, 4) is 11.1 Å². The van der Waals surface area contributed by atoms with Gasteiger partial charge in [-0.25, -0.2) is 9.18 Å². The van der Waals surface area contributed by atoms with Crippen LogP contribution in [0.15, 0.2) is 42.5 Å². The molecule has 1 unspecified atom stereocenters. The Bertz CT molecular complexity index is 998. The van der Waals surface area contributed by atoms with Gasteiger partial charge in [0.1, 0.15) is 11.9 Å². The summed E-state index contributed by atoms with van der Waals surface area (Å²) in [7, 11) is 0. The minimum absolute atomic E-state index is 0.103. The third-order valence-electron chi connectivity index (χ3n) is 5.03. The van der Waals surface area contributed by atoms with E-state index in [2.05, 4.69) is 10.6 Å². The molecule has 2 atom stereocenters. The lowest BCUT2D eigenvalue weighted by molar-refractivity contribution is -0.201. The second kappa shape index (κ2) is 10.2. The summed E-state index contributed by atoms with van der Waals surface area (Å²) in [6.07, 6.45) is -8.30. The van der Waals surface area contributed by atoms with Crippen molar-refractivity contribution in [2.24, 2.45) is 0 Å². The quantitative estimate of drug-likeness (QED) is 0.518. The van der Waals surface area contributed by atoms with Gasteiger partial charge in [-0.3, -0.25) is 9.69 Å². The predicted molar refractivity (Wildman–Crippen MR) is 112 cm³/mol. The summed E-state index contributed by atoms with van der Waals surface area (Å²) in [5.41, 5.74) is 1.81. The Morgan fingerprint density at radius 2 is 1.94 bits per heavy atom. The molecule has 1 aliphatic rings. The molecule has 33 heavy (non-hydrogen) atoms. The summed E-state index contributed by atoms with van der Waals surface area (Å²) >= 11 is 0. The number of aliphatic hydroxyl groups is 1. The van der Waals surface area contributed by atoms with E-state index in [0.717, 1.165) is 0 Å². The summed E-state index contributed by atoms with van der Waals surface area (Å²) in [5.74, 6) is -0.814. The molecule has 11 heteroatoms. The standard InChI is InChI=1S/C22H23F4N3O4/c1-13(30)28-10-17-12-29(21(32)33-17)16-6-7-18(19(23)8-16)15-4-2-14(3-5-15)9-27-11-20(31)22(24,25)26/h2-8,17,20,27,31H,9-12H2,1H3,(H,28,30)/t17-,20?/m0/s1. The van der Waals surface area contributed by atoms with Gasteiger partial charge in [-0.1, -0.05) is 24.3 Å². The SMILES string of the molecule is CC(=O)NC[C@H]1CN(c2ccc(-c3ccc(CNCC(O)C(F)(F)F)cc3)c(F)c2)C(=O)O1. The molecule has 0 radical (unpaired) electrons. The Balaban J connectivity index is 1.62. The Kier molecular flexibility index (Phi) is 7.54. The number of nitrogens with zero attached hydrogens (tertiary/aromatic N) is 1. The van der Waals surface area contributed by atoms with Gasteiger partial charge in [0.2, 0.25) is 5.91 Å². The molecule has 2 aromatic carbocycles. The molecule has 3 N–H and O–H groups in total. The third-order valence-corrected chi connectivity index (χ3v) is 5.03. The smallest absolute Gasteiger partial charge is 0.415 e. The second-order valence-electron chi connectivity index (χ2n) is 7.60. The van der Waals surface area contributed by atoms with Crippen LogP contribution in [0, 0.1) is 5.82 Å². The molecule has 0 bridgehead atoms. The summed E-state index contributed by atoms with van der Waals surface area (Å²) in [6.45, 7) is 1.15. The molecular formula is C22H23F4N3O4. The molecule has 2 amide bonds. The molecule has 1 saturated heterocycles. The lowest BCUT2D eigenvalue weighted by atomic mass is 10.0. The number of halogens is 4. The first-order chi connectivity index (χ1) is 15.5. The highest BCUT2D eigenvalue weighted by atomic mass is 19.4. The van der Waals surface area contributed by atoms with Gasteiger partial charge in [-0.2, -0.15) is 13.2 Å². The van der Waals surface area contributed by atoms with E-state index in [4.69, 9.17) is 9.84 Å². The highest BCUT2D eigenvalue weighted by Crippen LogP contribution is 2.29. The number of amides is 2. The molecule has 2 aromatic rings. The van der Waals surface area contributed by atoms with Gasteiger partial charge in [0.05, 0.1) is 18.8 Å². The van der Waals surface area contributed by atoms with Crippen molar-refractivity contribution in [1.82, 2.24) is 10.6 Å². The van der Waals surface area contributed by atoms with Gasteiger partial charge >= 0.3 is 12.3 Å². The molecule has 3 rings (SSSR count). The Morgan fingerprint density at radius 3 is 2.55 bits per heavy atom. The lowest BCUT2D eigenvalue weighted by Crippen LogP contribution is -2.38. The van der Waals surface area contributed by atoms with E-state index >= 15 is 0 Å². The van der Waals surface area contributed by atoms with Crippen LogP contribution in [-0.2, 0) is 16.1 Å². The number of rotatable bonds is 8. The van der Waals surface area contributed by atoms with Gasteiger partial charge in [-0.05, 0) is 29.3 Å². The zero-order valence-corrected chi connectivity index (χ0v) is 17.7. The molecule has 0 aromatic heterocycles. The molecule has 1 heterocycles. The number of hydrogen-bond donors (Lipinski definition) is 3. The fraction of sp³-hybridized carbons (Fsp3) is 0.364. The van der Waals surface area contributed by atoms with Crippen LogP contribution >= 0.6 is 0 Å². The van der Waals surface area contributed by atoms with Crippen molar-refractivity contribution < 1.29 is 37.0 Å². The van der Waals surface area contributed by atoms with E-state index in [0.29, 0.717) is 16.8 Å². The maximum Gasteiger partial charge on any atom is 0.415 e. The van der Waals surface area contributed by atoms with Crippen LogP contribution in [0.3, 0.4) is 0 Å². The van der Waals surface area contributed by atoms with Gasteiger partial charge < -0.3 is 20.5 Å². The van der Waals surface area contributed by atoms with E-state index in [-0.39, 0.29) is 31.1 Å². The van der Waals surface area contributed by atoms with Crippen molar-refractivity contribution in [3.05, 3.63) is 53.8 Å². The molecule has 0 aliphatic carbocycles. The fourth-order valence-electron chi connectivity index (χ4n) is 3.27. The van der Waals surface area contributed by atoms with E-state index in [9.17, 15) is 27.2 Å². The number of anilines is 1. The number of alkyl halides is 3. The van der Waals surface area contributed by atoms with Crippen LogP contribution in [0.4, 0.5) is 28.0 Å². The molecule has 1 fully saturated rings. The first kappa shape index (κ1) is 24.5. The number of nitrogens with one attached hydrogen (secondary N) is 2. The maximum atomic E-state index is 14.8. The highest BCUT2D eigenvalue weighted by molar-refractivity contribution is 5.90. The van der Waals surface area contributed by atoms with Crippen LogP contribution in [0.5, 0.6) is 0 Å². The van der Waals surface area contributed by atoms with Gasteiger partial charge in [-0.15, -0.1) is 0 Å². The predicted octanol–water partition coefficient (Wildman–Crippen LogP) is 2.97. The van der Waals surface area contributed by atoms with Gasteiger partial charge in [0.15, 0.2) is 6.10 Å². The Hall–Kier alpha value is -3.18. The number of aliphatic hydroxyl groups excluding tert-OH is 1. The van der Waals surface area contributed by atoms with E-state index < -0.39 is 36.8 Å². The average molecular weight is 469 g/mol. The van der Waals surface area contributed by atoms with Crippen molar-refractivity contribution in [2.75, 3.05) is 24.5 Å². The molecular weight excluding hydrogens is 446 g/mol. The molecule has 0 spiro atoms. The zero-order valence-electron chi connectivity index (χ0n) is 17.7. The Morgan fingerprint density at radius 1 is 1.24 bits per heavy atom. The topological polar surface area (TPSA) is 90.9 Å². The fourth-order valence-corrected chi connectivity index (χ4v) is 3.27. The summed E-state index contributed by atoms with van der Waals surface area (Å²) in [5, 5.41) is 14.1. The molecule has 7 nitrogen and oxygen atoms in total. The van der Waals surface area contributed by atoms with Crippen molar-refractivity contribution >= 4 is 17.7 Å². The highest BCUT2D eigenvalue weighted by Gasteiger charge is 2.37. The molecule has 178 valence electrons. The number of cyclic esters (lactones) is 1. The van der Waals surface area contributed by atoms with Gasteiger partial charge in [0.25, 0.3) is 0 Å². The Labute approximate surface area is 187 Å². The van der Waals surface area contributed by atoms with Crippen molar-refractivity contribution in [2.45, 2.75) is 31.9 Å². The number of carbonyl (C=O) groups excluding carboxylic acids is 2. The van der Waals surface area contributed by atoms with E-state index in [1.807, 2.05) is 0 Å². The first-order valence-electron chi connectivity index (χ1n) is 10.1. The number of benzene rings is 2. The second-order valence-corrected chi connectivity index (χ2v) is 7.60. The lowest BCUT2D eigenvalue weighted by Gasteiger charge is -2.15. The van der Waals surface area contributed by atoms with Crippen molar-refractivity contribution in [1.29, 1.82) is 0 Å². The maximum absolute atomic E-state index is 14.8. The van der Waals surface area contributed by atoms with E-state index in [1.165, 1.54) is 24.0 Å². The first-order valence-corrected chi connectivity index (χ1v) is 10.1. The number of hydrogen-bond acceptors (Lipinski definition) is 5. The van der Waals surface area contributed by atoms with Crippen molar-refractivity contribution in [3.63, 3.8) is 0 Å². The van der Waals surface area contributed by atoms with Crippen LogP contribution in [0.25, 0.3) is 11.1 Å². The van der Waals surface area contributed by atoms with Crippen LogP contribution in [-0.4, -0.2) is 55.1 Å². The zero-order chi connectivity index (χ0) is 24.2. The minimum atomic E-state index is -4.68. The van der Waals surface area contributed by atoms with Crippen LogP contribution in [0.2, 0.25) is 0 Å². The van der Waals surface area contributed by atoms with E-state index in [1.54, 1.807) is 30.3 Å². The summed E-state index contributed by atoms with van der Waals surface area (Å²) < 4.78 is 56.9. The summed E-state index contributed by atoms with van der Waals surface area (Å²) in [6, 6.07) is 10.8. The molecule has 1 aliphatic heterocycles. The molecule has 0 saturated carbocycles. The number of carbonyl (C=O) groups is 2. The van der Waals surface area contributed by atoms with Crippen LogP contribution in [0.1, 0.15) is 12.5 Å². The summed E-state index contributed by atoms with van der Waals surface area (Å²) in [4.78, 5) is 24.4.